The van der Waals surface area contributed by atoms with E-state index in [1.165, 1.54) is 10.6 Å². The standard InChI is InChI=1S/C16H18N2O4S/c1-23(21,22)18-8-6-17(7-9-18)16(20)14-10-12-4-2-3-5-13(12)11-15(14)19/h2-5,10-11,19H,6-9H2,1H3. The quantitative estimate of drug-likeness (QED) is 0.897. The molecule has 0 saturated carbocycles. The van der Waals surface area contributed by atoms with Crippen LogP contribution in [-0.4, -0.2) is 61.1 Å². The number of fused-ring (bicyclic) bond motifs is 1. The predicted molar refractivity (Wildman–Crippen MR) is 87.9 cm³/mol. The zero-order chi connectivity index (χ0) is 16.6. The van der Waals surface area contributed by atoms with Gasteiger partial charge in [0.05, 0.1) is 11.8 Å². The topological polar surface area (TPSA) is 77.9 Å². The molecule has 0 aromatic heterocycles. The first kappa shape index (κ1) is 15.8. The number of hydrogen-bond acceptors (Lipinski definition) is 4. The third-order valence-electron chi connectivity index (χ3n) is 4.09. The molecule has 122 valence electrons. The molecule has 6 nitrogen and oxygen atoms in total. The van der Waals surface area contributed by atoms with Gasteiger partial charge in [-0.3, -0.25) is 4.79 Å². The van der Waals surface area contributed by atoms with Gasteiger partial charge in [-0.15, -0.1) is 0 Å². The van der Waals surface area contributed by atoms with Crippen molar-refractivity contribution < 1.29 is 18.3 Å². The third-order valence-corrected chi connectivity index (χ3v) is 5.39. The van der Waals surface area contributed by atoms with Crippen molar-refractivity contribution >= 4 is 26.7 Å². The number of sulfonamides is 1. The average Bonchev–Trinajstić information content (AvgIpc) is 2.53. The van der Waals surface area contributed by atoms with Gasteiger partial charge in [-0.2, -0.15) is 4.31 Å². The second-order valence-electron chi connectivity index (χ2n) is 5.67. The van der Waals surface area contributed by atoms with E-state index in [-0.39, 0.29) is 30.3 Å². The third kappa shape index (κ3) is 3.16. The van der Waals surface area contributed by atoms with Crippen LogP contribution in [0.2, 0.25) is 0 Å². The molecule has 7 heteroatoms. The fraction of sp³-hybridized carbons (Fsp3) is 0.312. The number of carbonyl (C=O) groups excluding carboxylic acids is 1. The molecular weight excluding hydrogens is 316 g/mol. The Balaban J connectivity index is 1.83. The molecule has 1 saturated heterocycles. The lowest BCUT2D eigenvalue weighted by Gasteiger charge is -2.33. The first-order chi connectivity index (χ1) is 10.9. The molecule has 0 unspecified atom stereocenters. The zero-order valence-corrected chi connectivity index (χ0v) is 13.6. The zero-order valence-electron chi connectivity index (χ0n) is 12.8. The summed E-state index contributed by atoms with van der Waals surface area (Å²) in [7, 11) is -3.23. The summed E-state index contributed by atoms with van der Waals surface area (Å²) in [6, 6.07) is 10.7. The van der Waals surface area contributed by atoms with Gasteiger partial charge in [-0.25, -0.2) is 8.42 Å². The second-order valence-corrected chi connectivity index (χ2v) is 7.65. The van der Waals surface area contributed by atoms with Gasteiger partial charge < -0.3 is 10.0 Å². The highest BCUT2D eigenvalue weighted by Crippen LogP contribution is 2.26. The molecule has 1 N–H and O–H groups in total. The maximum atomic E-state index is 12.6. The summed E-state index contributed by atoms with van der Waals surface area (Å²) in [5.74, 6) is -0.333. The van der Waals surface area contributed by atoms with E-state index in [1.807, 2.05) is 24.3 Å². The number of nitrogens with zero attached hydrogens (tertiary/aromatic N) is 2. The van der Waals surface area contributed by atoms with E-state index in [4.69, 9.17) is 0 Å². The number of amides is 1. The van der Waals surface area contributed by atoms with Crippen molar-refractivity contribution in [2.45, 2.75) is 0 Å². The summed E-state index contributed by atoms with van der Waals surface area (Å²) in [6.07, 6.45) is 1.17. The van der Waals surface area contributed by atoms with Crippen molar-refractivity contribution in [1.29, 1.82) is 0 Å². The number of carbonyl (C=O) groups is 1. The highest BCUT2D eigenvalue weighted by molar-refractivity contribution is 7.88. The van der Waals surface area contributed by atoms with Crippen LogP contribution in [0.15, 0.2) is 36.4 Å². The Morgan fingerprint density at radius 1 is 1.04 bits per heavy atom. The predicted octanol–water partition coefficient (Wildman–Crippen LogP) is 1.26. The van der Waals surface area contributed by atoms with Gasteiger partial charge in [-0.1, -0.05) is 24.3 Å². The molecule has 0 aliphatic carbocycles. The Kier molecular flexibility index (Phi) is 3.99. The molecule has 1 amide bonds. The van der Waals surface area contributed by atoms with Crippen LogP contribution >= 0.6 is 0 Å². The monoisotopic (exact) mass is 334 g/mol. The van der Waals surface area contributed by atoms with Gasteiger partial charge in [0.25, 0.3) is 5.91 Å². The van der Waals surface area contributed by atoms with Crippen molar-refractivity contribution in [2.75, 3.05) is 32.4 Å². The summed E-state index contributed by atoms with van der Waals surface area (Å²) in [4.78, 5) is 14.2. The average molecular weight is 334 g/mol. The van der Waals surface area contributed by atoms with Crippen LogP contribution in [0.1, 0.15) is 10.4 Å². The van der Waals surface area contributed by atoms with Crippen molar-refractivity contribution in [2.24, 2.45) is 0 Å². The summed E-state index contributed by atoms with van der Waals surface area (Å²) in [6.45, 7) is 1.19. The lowest BCUT2D eigenvalue weighted by molar-refractivity contribution is 0.0695. The van der Waals surface area contributed by atoms with E-state index in [9.17, 15) is 18.3 Å². The second kappa shape index (κ2) is 5.82. The first-order valence-electron chi connectivity index (χ1n) is 7.32. The number of aromatic hydroxyl groups is 1. The molecule has 0 bridgehead atoms. The molecule has 1 heterocycles. The molecule has 1 aliphatic rings. The van der Waals surface area contributed by atoms with E-state index in [0.29, 0.717) is 13.1 Å². The van der Waals surface area contributed by atoms with E-state index in [2.05, 4.69) is 0 Å². The van der Waals surface area contributed by atoms with Crippen LogP contribution in [-0.2, 0) is 10.0 Å². The molecule has 0 atom stereocenters. The maximum Gasteiger partial charge on any atom is 0.257 e. The van der Waals surface area contributed by atoms with Crippen LogP contribution in [0.4, 0.5) is 0 Å². The van der Waals surface area contributed by atoms with Gasteiger partial charge in [0.2, 0.25) is 10.0 Å². The highest BCUT2D eigenvalue weighted by atomic mass is 32.2. The minimum absolute atomic E-state index is 0.0563. The Morgan fingerprint density at radius 3 is 2.17 bits per heavy atom. The molecule has 2 aromatic carbocycles. The van der Waals surface area contributed by atoms with Crippen LogP contribution in [0.3, 0.4) is 0 Å². The van der Waals surface area contributed by atoms with Crippen LogP contribution in [0.25, 0.3) is 10.8 Å². The summed E-state index contributed by atoms with van der Waals surface area (Å²) in [5, 5.41) is 11.9. The molecule has 23 heavy (non-hydrogen) atoms. The van der Waals surface area contributed by atoms with Crippen molar-refractivity contribution in [3.8, 4) is 5.75 Å². The van der Waals surface area contributed by atoms with Crippen LogP contribution in [0, 0.1) is 0 Å². The SMILES string of the molecule is CS(=O)(=O)N1CCN(C(=O)c2cc3ccccc3cc2O)CC1. The van der Waals surface area contributed by atoms with Gasteiger partial charge >= 0.3 is 0 Å². The Morgan fingerprint density at radius 2 is 1.61 bits per heavy atom. The summed E-state index contributed by atoms with van der Waals surface area (Å²) >= 11 is 0. The summed E-state index contributed by atoms with van der Waals surface area (Å²) in [5.41, 5.74) is 0.247. The molecule has 0 spiro atoms. The van der Waals surface area contributed by atoms with Crippen molar-refractivity contribution in [3.63, 3.8) is 0 Å². The van der Waals surface area contributed by atoms with Gasteiger partial charge in [0, 0.05) is 26.2 Å². The molecule has 2 aromatic rings. The molecule has 1 fully saturated rings. The minimum atomic E-state index is -3.23. The fourth-order valence-electron chi connectivity index (χ4n) is 2.79. The van der Waals surface area contributed by atoms with E-state index in [0.717, 1.165) is 10.8 Å². The lowest BCUT2D eigenvalue weighted by atomic mass is 10.0. The number of rotatable bonds is 2. The maximum absolute atomic E-state index is 12.6. The minimum Gasteiger partial charge on any atom is -0.507 e. The molecule has 3 rings (SSSR count). The molecule has 1 aliphatic heterocycles. The smallest absolute Gasteiger partial charge is 0.257 e. The number of phenolic OH excluding ortho intramolecular Hbond substituents is 1. The van der Waals surface area contributed by atoms with Gasteiger partial charge in [-0.05, 0) is 22.9 Å². The molecular formula is C16H18N2O4S. The number of benzene rings is 2. The lowest BCUT2D eigenvalue weighted by Crippen LogP contribution is -2.50. The van der Waals surface area contributed by atoms with Gasteiger partial charge in [0.1, 0.15) is 5.75 Å². The normalized spacial score (nSPS) is 16.7. The van der Waals surface area contributed by atoms with Crippen molar-refractivity contribution in [1.82, 2.24) is 9.21 Å². The van der Waals surface area contributed by atoms with Gasteiger partial charge in [0.15, 0.2) is 0 Å². The number of piperazine rings is 1. The Hall–Kier alpha value is -2.12. The molecule has 0 radical (unpaired) electrons. The Labute approximate surface area is 135 Å². The number of hydrogen-bond donors (Lipinski definition) is 1. The summed E-state index contributed by atoms with van der Waals surface area (Å²) < 4.78 is 24.4. The largest absolute Gasteiger partial charge is 0.507 e. The van der Waals surface area contributed by atoms with E-state index >= 15 is 0 Å². The van der Waals surface area contributed by atoms with E-state index in [1.54, 1.807) is 17.0 Å². The first-order valence-corrected chi connectivity index (χ1v) is 9.17. The Bertz CT molecular complexity index is 856. The van der Waals surface area contributed by atoms with Crippen LogP contribution < -0.4 is 0 Å². The van der Waals surface area contributed by atoms with Crippen LogP contribution in [0.5, 0.6) is 5.75 Å². The van der Waals surface area contributed by atoms with Crippen molar-refractivity contribution in [3.05, 3.63) is 42.0 Å². The van der Waals surface area contributed by atoms with E-state index < -0.39 is 10.0 Å². The number of phenols is 1. The fourth-order valence-corrected chi connectivity index (χ4v) is 3.62. The highest BCUT2D eigenvalue weighted by Gasteiger charge is 2.27.